The fourth-order valence-electron chi connectivity index (χ4n) is 2.27. The molecule has 2 aromatic rings. The van der Waals surface area contributed by atoms with Crippen LogP contribution in [0, 0.1) is 11.3 Å². The summed E-state index contributed by atoms with van der Waals surface area (Å²) < 4.78 is 12.9. The molecule has 0 atom stereocenters. The van der Waals surface area contributed by atoms with Gasteiger partial charge in [-0.2, -0.15) is 5.26 Å². The number of carbonyl (C=O) groups excluding carboxylic acids is 1. The summed E-state index contributed by atoms with van der Waals surface area (Å²) >= 11 is 0. The van der Waals surface area contributed by atoms with Gasteiger partial charge in [-0.1, -0.05) is 19.6 Å². The van der Waals surface area contributed by atoms with E-state index in [-0.39, 0.29) is 6.61 Å². The highest BCUT2D eigenvalue weighted by Gasteiger charge is 2.15. The molecule has 134 valence electrons. The Morgan fingerprint density at radius 2 is 2.16 bits per heavy atom. The minimum absolute atomic E-state index is 0.106. The first kappa shape index (κ1) is 19.0. The molecule has 25 heavy (non-hydrogen) atoms. The molecule has 0 aliphatic rings. The van der Waals surface area contributed by atoms with E-state index in [9.17, 15) is 4.79 Å². The standard InChI is InChI=1S/C17H24N4O3Si/c1-19-17(22)24-11-14-9-15-16(6-5-13(10-18)20-15)21(14)12-23-7-8-25(2,3)4/h5-6,9H,7-8,11-12H2,1-4H3,(H,19,22). The summed E-state index contributed by atoms with van der Waals surface area (Å²) in [6, 6.07) is 8.44. The van der Waals surface area contributed by atoms with Gasteiger partial charge in [0.15, 0.2) is 0 Å². The van der Waals surface area contributed by atoms with E-state index in [1.165, 1.54) is 7.05 Å². The highest BCUT2D eigenvalue weighted by atomic mass is 28.3. The molecule has 2 aromatic heterocycles. The summed E-state index contributed by atoms with van der Waals surface area (Å²) in [7, 11) is 0.358. The van der Waals surface area contributed by atoms with Gasteiger partial charge < -0.3 is 19.4 Å². The molecule has 0 spiro atoms. The molecule has 8 heteroatoms. The van der Waals surface area contributed by atoms with Crippen LogP contribution in [0.2, 0.25) is 25.7 Å². The van der Waals surface area contributed by atoms with E-state index in [1.54, 1.807) is 6.07 Å². The van der Waals surface area contributed by atoms with Crippen molar-refractivity contribution in [1.29, 1.82) is 5.26 Å². The molecular weight excluding hydrogens is 336 g/mol. The normalized spacial score (nSPS) is 11.3. The second kappa shape index (κ2) is 8.14. The van der Waals surface area contributed by atoms with Gasteiger partial charge in [0.1, 0.15) is 25.1 Å². The lowest BCUT2D eigenvalue weighted by molar-refractivity contribution is 0.0828. The third kappa shape index (κ3) is 5.31. The molecule has 2 rings (SSSR count). The predicted molar refractivity (Wildman–Crippen MR) is 97.8 cm³/mol. The Kier molecular flexibility index (Phi) is 6.17. The zero-order chi connectivity index (χ0) is 18.4. The number of rotatable bonds is 7. The van der Waals surface area contributed by atoms with Crippen LogP contribution >= 0.6 is 0 Å². The Bertz CT molecular complexity index is 790. The maximum absolute atomic E-state index is 11.4. The van der Waals surface area contributed by atoms with Crippen molar-refractivity contribution in [1.82, 2.24) is 14.9 Å². The molecule has 0 aliphatic heterocycles. The maximum Gasteiger partial charge on any atom is 0.407 e. The highest BCUT2D eigenvalue weighted by molar-refractivity contribution is 6.76. The zero-order valence-corrected chi connectivity index (χ0v) is 16.1. The van der Waals surface area contributed by atoms with Gasteiger partial charge in [0.2, 0.25) is 0 Å². The monoisotopic (exact) mass is 360 g/mol. The largest absolute Gasteiger partial charge is 0.443 e. The van der Waals surface area contributed by atoms with E-state index in [1.807, 2.05) is 22.8 Å². The second-order valence-electron chi connectivity index (χ2n) is 6.95. The van der Waals surface area contributed by atoms with E-state index in [0.29, 0.717) is 24.5 Å². The van der Waals surface area contributed by atoms with E-state index in [4.69, 9.17) is 14.7 Å². The van der Waals surface area contributed by atoms with Crippen LogP contribution < -0.4 is 5.32 Å². The molecule has 0 fully saturated rings. The molecule has 1 N–H and O–H groups in total. The van der Waals surface area contributed by atoms with Crippen LogP contribution in [0.15, 0.2) is 18.2 Å². The van der Waals surface area contributed by atoms with Crippen LogP contribution in [-0.2, 0) is 22.8 Å². The number of nitriles is 1. The number of nitrogens with zero attached hydrogens (tertiary/aromatic N) is 3. The molecule has 0 saturated carbocycles. The number of nitrogens with one attached hydrogen (secondary N) is 1. The highest BCUT2D eigenvalue weighted by Crippen LogP contribution is 2.20. The lowest BCUT2D eigenvalue weighted by Gasteiger charge is -2.16. The van der Waals surface area contributed by atoms with Crippen LogP contribution in [0.1, 0.15) is 11.4 Å². The number of amides is 1. The third-order valence-corrected chi connectivity index (χ3v) is 5.43. The Labute approximate surface area is 148 Å². The number of alkyl carbamates (subject to hydrolysis) is 1. The molecule has 0 aromatic carbocycles. The van der Waals surface area contributed by atoms with E-state index < -0.39 is 14.2 Å². The molecule has 0 bridgehead atoms. The smallest absolute Gasteiger partial charge is 0.407 e. The van der Waals surface area contributed by atoms with Crippen molar-refractivity contribution in [2.24, 2.45) is 0 Å². The topological polar surface area (TPSA) is 89.2 Å². The van der Waals surface area contributed by atoms with Gasteiger partial charge in [-0.3, -0.25) is 0 Å². The zero-order valence-electron chi connectivity index (χ0n) is 15.1. The molecule has 0 aliphatic carbocycles. The summed E-state index contributed by atoms with van der Waals surface area (Å²) in [6.45, 7) is 8.06. The molecule has 7 nitrogen and oxygen atoms in total. The number of ether oxygens (including phenoxy) is 2. The Morgan fingerprint density at radius 1 is 1.40 bits per heavy atom. The van der Waals surface area contributed by atoms with Crippen LogP contribution in [0.5, 0.6) is 0 Å². The van der Waals surface area contributed by atoms with Gasteiger partial charge in [-0.15, -0.1) is 0 Å². The fourth-order valence-corrected chi connectivity index (χ4v) is 3.03. The number of fused-ring (bicyclic) bond motifs is 1. The first-order chi connectivity index (χ1) is 11.8. The predicted octanol–water partition coefficient (Wildman–Crippen LogP) is 3.08. The van der Waals surface area contributed by atoms with E-state index in [0.717, 1.165) is 17.3 Å². The summed E-state index contributed by atoms with van der Waals surface area (Å²) in [5.41, 5.74) is 2.66. The second-order valence-corrected chi connectivity index (χ2v) is 12.6. The van der Waals surface area contributed by atoms with Crippen molar-refractivity contribution >= 4 is 25.2 Å². The summed E-state index contributed by atoms with van der Waals surface area (Å²) in [5, 5.41) is 11.4. The van der Waals surface area contributed by atoms with Crippen LogP contribution in [0.25, 0.3) is 11.0 Å². The fraction of sp³-hybridized carbons (Fsp3) is 0.471. The van der Waals surface area contributed by atoms with Gasteiger partial charge in [0, 0.05) is 21.7 Å². The molecule has 0 unspecified atom stereocenters. The summed E-state index contributed by atoms with van der Waals surface area (Å²) in [6.07, 6.45) is -0.498. The van der Waals surface area contributed by atoms with Gasteiger partial charge >= 0.3 is 6.09 Å². The number of pyridine rings is 1. The van der Waals surface area contributed by atoms with Crippen molar-refractivity contribution < 1.29 is 14.3 Å². The van der Waals surface area contributed by atoms with E-state index in [2.05, 4.69) is 29.9 Å². The number of aromatic nitrogens is 2. The van der Waals surface area contributed by atoms with Crippen molar-refractivity contribution in [2.45, 2.75) is 39.0 Å². The maximum atomic E-state index is 11.4. The van der Waals surface area contributed by atoms with Gasteiger partial charge in [-0.25, -0.2) is 9.78 Å². The SMILES string of the molecule is CNC(=O)OCc1cc2nc(C#N)ccc2n1COCC[Si](C)(C)C. The van der Waals surface area contributed by atoms with Crippen molar-refractivity contribution in [3.63, 3.8) is 0 Å². The first-order valence-electron chi connectivity index (χ1n) is 8.15. The average Bonchev–Trinajstić information content (AvgIpc) is 2.92. The van der Waals surface area contributed by atoms with Crippen LogP contribution in [-0.4, -0.2) is 37.4 Å². The Hall–Kier alpha value is -2.37. The van der Waals surface area contributed by atoms with Crippen molar-refractivity contribution in [3.8, 4) is 6.07 Å². The van der Waals surface area contributed by atoms with Crippen molar-refractivity contribution in [2.75, 3.05) is 13.7 Å². The minimum Gasteiger partial charge on any atom is -0.443 e. The first-order valence-corrected chi connectivity index (χ1v) is 11.9. The minimum atomic E-state index is -1.15. The molecule has 0 saturated heterocycles. The Morgan fingerprint density at radius 3 is 2.80 bits per heavy atom. The van der Waals surface area contributed by atoms with Gasteiger partial charge in [0.25, 0.3) is 0 Å². The third-order valence-electron chi connectivity index (χ3n) is 3.73. The lowest BCUT2D eigenvalue weighted by Crippen LogP contribution is -2.22. The van der Waals surface area contributed by atoms with Crippen LogP contribution in [0.3, 0.4) is 0 Å². The van der Waals surface area contributed by atoms with Crippen LogP contribution in [0.4, 0.5) is 4.79 Å². The van der Waals surface area contributed by atoms with Crippen molar-refractivity contribution in [3.05, 3.63) is 29.6 Å². The average molecular weight is 360 g/mol. The quantitative estimate of drug-likeness (QED) is 0.605. The lowest BCUT2D eigenvalue weighted by atomic mass is 10.3. The molecular formula is C17H24N4O3Si. The Balaban J connectivity index is 2.20. The molecule has 2 heterocycles. The number of hydrogen-bond donors (Lipinski definition) is 1. The summed E-state index contributed by atoms with van der Waals surface area (Å²) in [5.74, 6) is 0. The number of carbonyl (C=O) groups is 1. The number of hydrogen-bond acceptors (Lipinski definition) is 5. The van der Waals surface area contributed by atoms with Gasteiger partial charge in [0.05, 0.1) is 16.7 Å². The molecule has 0 radical (unpaired) electrons. The summed E-state index contributed by atoms with van der Waals surface area (Å²) in [4.78, 5) is 15.7. The van der Waals surface area contributed by atoms with Gasteiger partial charge in [-0.05, 0) is 24.2 Å². The molecule has 1 amide bonds. The van der Waals surface area contributed by atoms with E-state index >= 15 is 0 Å².